The first-order valence-electron chi connectivity index (χ1n) is 6.06. The van der Waals surface area contributed by atoms with Gasteiger partial charge in [-0.25, -0.2) is 17.6 Å². The standard InChI is InChI=1S/C12H6F7NO2.Al/c1-3(21)6(12(17,18)19)11(22)5-9(15)7(13)4(2-20)8(14)10(5)16;/h3,6,11H,1H3;/q-2;+2. The minimum atomic E-state index is -5.00. The van der Waals surface area contributed by atoms with E-state index in [1.807, 2.05) is 0 Å². The van der Waals surface area contributed by atoms with E-state index in [2.05, 4.69) is 3.79 Å². The summed E-state index contributed by atoms with van der Waals surface area (Å²) in [7, 11) is 0. The maximum absolute atomic E-state index is 14.0. The summed E-state index contributed by atoms with van der Waals surface area (Å²) in [6.07, 6.45) is -8.83. The van der Waals surface area contributed by atoms with E-state index in [-0.39, 0.29) is 0 Å². The predicted molar refractivity (Wildman–Crippen MR) is 60.7 cm³/mol. The van der Waals surface area contributed by atoms with Gasteiger partial charge in [-0.15, -0.1) is 0 Å². The Morgan fingerprint density at radius 1 is 1.00 bits per heavy atom. The molecule has 0 aliphatic carbocycles. The van der Waals surface area contributed by atoms with Crippen molar-refractivity contribution in [3.05, 3.63) is 34.4 Å². The van der Waals surface area contributed by atoms with Crippen molar-refractivity contribution in [1.82, 2.24) is 0 Å². The van der Waals surface area contributed by atoms with Crippen LogP contribution in [0.4, 0.5) is 30.7 Å². The summed E-state index contributed by atoms with van der Waals surface area (Å²) >= 11 is -1.52. The molecule has 1 aliphatic rings. The average Bonchev–Trinajstić information content (AvgIpc) is 2.45. The molecular weight excluding hydrogens is 350 g/mol. The summed E-state index contributed by atoms with van der Waals surface area (Å²) in [5, 5.41) is 8.48. The van der Waals surface area contributed by atoms with Gasteiger partial charge in [-0.1, -0.05) is 0 Å². The fourth-order valence-corrected chi connectivity index (χ4v) is 3.11. The molecule has 11 heteroatoms. The molecule has 3 nitrogen and oxygen atoms in total. The van der Waals surface area contributed by atoms with Crippen molar-refractivity contribution >= 4 is 15.9 Å². The molecule has 1 heterocycles. The van der Waals surface area contributed by atoms with Crippen LogP contribution in [0.2, 0.25) is 0 Å². The van der Waals surface area contributed by atoms with Crippen molar-refractivity contribution in [3.63, 3.8) is 0 Å². The van der Waals surface area contributed by atoms with Crippen LogP contribution in [-0.4, -0.2) is 28.2 Å². The minimum absolute atomic E-state index is 0.913. The molecule has 0 bridgehead atoms. The van der Waals surface area contributed by atoms with E-state index in [0.29, 0.717) is 0 Å². The Balaban J connectivity index is 2.67. The van der Waals surface area contributed by atoms with E-state index in [9.17, 15) is 30.7 Å². The quantitative estimate of drug-likeness (QED) is 0.441. The maximum Gasteiger partial charge on any atom is 0.668 e. The summed E-state index contributed by atoms with van der Waals surface area (Å²) < 4.78 is 104. The third kappa shape index (κ3) is 3.04. The fourth-order valence-electron chi connectivity index (χ4n) is 2.28. The SMILES string of the molecule is CC1[O][Al][O]C(c2c(F)c(F)c(C#N)c(F)c2F)C1C(F)(F)F. The van der Waals surface area contributed by atoms with Crippen molar-refractivity contribution in [2.75, 3.05) is 0 Å². The molecule has 1 aromatic carbocycles. The first kappa shape index (κ1) is 18.0. The molecule has 1 saturated heterocycles. The van der Waals surface area contributed by atoms with Crippen LogP contribution in [0.1, 0.15) is 24.2 Å². The Morgan fingerprint density at radius 3 is 1.96 bits per heavy atom. The number of hydrogen-bond donors (Lipinski definition) is 0. The number of hydrogen-bond acceptors (Lipinski definition) is 3. The second-order valence-corrected chi connectivity index (χ2v) is 5.45. The second-order valence-electron chi connectivity index (χ2n) is 4.72. The van der Waals surface area contributed by atoms with E-state index >= 15 is 0 Å². The first-order chi connectivity index (χ1) is 10.6. The molecular formula is C12H6AlF7NO2. The zero-order valence-corrected chi connectivity index (χ0v) is 12.4. The number of rotatable bonds is 1. The first-order valence-corrected chi connectivity index (χ1v) is 7.00. The van der Waals surface area contributed by atoms with Crippen LogP contribution in [0, 0.1) is 40.5 Å². The lowest BCUT2D eigenvalue weighted by Crippen LogP contribution is -2.45. The smallest absolute Gasteiger partial charge is 0.481 e. The molecule has 0 spiro atoms. The Hall–Kier alpha value is -1.33. The molecule has 0 N–H and O–H groups in total. The van der Waals surface area contributed by atoms with Crippen molar-refractivity contribution < 1.29 is 38.3 Å². The van der Waals surface area contributed by atoms with E-state index in [1.165, 1.54) is 0 Å². The van der Waals surface area contributed by atoms with Crippen LogP contribution in [0.3, 0.4) is 0 Å². The second kappa shape index (κ2) is 6.29. The number of nitrogens with zero attached hydrogens (tertiary/aromatic N) is 1. The molecule has 0 amide bonds. The third-order valence-corrected chi connectivity index (χ3v) is 4.32. The van der Waals surface area contributed by atoms with Gasteiger partial charge in [0.15, 0.2) is 23.3 Å². The summed E-state index contributed by atoms with van der Waals surface area (Å²) in [4.78, 5) is 0. The fraction of sp³-hybridized carbons (Fsp3) is 0.417. The molecule has 1 aromatic rings. The molecule has 1 aliphatic heterocycles. The molecule has 1 radical (unpaired) electrons. The highest BCUT2D eigenvalue weighted by Gasteiger charge is 2.53. The van der Waals surface area contributed by atoms with Crippen molar-refractivity contribution in [2.45, 2.75) is 25.3 Å². The molecule has 23 heavy (non-hydrogen) atoms. The van der Waals surface area contributed by atoms with Gasteiger partial charge in [0.05, 0.1) is 11.7 Å². The van der Waals surface area contributed by atoms with Crippen LogP contribution in [-0.2, 0) is 7.58 Å². The van der Waals surface area contributed by atoms with Crippen molar-refractivity contribution in [3.8, 4) is 6.07 Å². The van der Waals surface area contributed by atoms with Gasteiger partial charge >= 0.3 is 22.1 Å². The third-order valence-electron chi connectivity index (χ3n) is 3.38. The van der Waals surface area contributed by atoms with Crippen LogP contribution < -0.4 is 0 Å². The Kier molecular flexibility index (Phi) is 4.93. The van der Waals surface area contributed by atoms with E-state index in [0.717, 1.165) is 13.0 Å². The normalized spacial score (nSPS) is 24.9. The largest absolute Gasteiger partial charge is 0.668 e. The maximum atomic E-state index is 14.0. The van der Waals surface area contributed by atoms with Crippen molar-refractivity contribution in [2.24, 2.45) is 5.92 Å². The lowest BCUT2D eigenvalue weighted by atomic mass is 9.89. The van der Waals surface area contributed by atoms with E-state index < -0.39 is 74.6 Å². The molecule has 2 rings (SSSR count). The van der Waals surface area contributed by atoms with Gasteiger partial charge in [0, 0.05) is 6.10 Å². The summed E-state index contributed by atoms with van der Waals surface area (Å²) in [5.41, 5.74) is -3.09. The molecule has 3 unspecified atom stereocenters. The van der Waals surface area contributed by atoms with Crippen LogP contribution in [0.5, 0.6) is 0 Å². The van der Waals surface area contributed by atoms with Crippen LogP contribution in [0.15, 0.2) is 0 Å². The van der Waals surface area contributed by atoms with Gasteiger partial charge in [0.25, 0.3) is 0 Å². The molecule has 1 fully saturated rings. The Morgan fingerprint density at radius 2 is 1.52 bits per heavy atom. The van der Waals surface area contributed by atoms with Gasteiger partial charge in [-0.05, 0) is 6.92 Å². The van der Waals surface area contributed by atoms with Crippen LogP contribution >= 0.6 is 0 Å². The molecule has 0 saturated carbocycles. The number of benzene rings is 1. The molecule has 123 valence electrons. The number of alkyl halides is 3. The Bertz CT molecular complexity index is 644. The zero-order valence-electron chi connectivity index (χ0n) is 11.2. The van der Waals surface area contributed by atoms with E-state index in [1.54, 1.807) is 0 Å². The predicted octanol–water partition coefficient (Wildman–Crippen LogP) is 3.30. The topological polar surface area (TPSA) is 42.2 Å². The summed E-state index contributed by atoms with van der Waals surface area (Å²) in [6.45, 7) is 1.01. The lowest BCUT2D eigenvalue weighted by molar-refractivity contribution is -0.233. The van der Waals surface area contributed by atoms with Crippen LogP contribution in [0.25, 0.3) is 0 Å². The van der Waals surface area contributed by atoms with Gasteiger partial charge in [0.1, 0.15) is 17.6 Å². The number of nitriles is 1. The molecule has 0 aromatic heterocycles. The number of halogens is 7. The lowest BCUT2D eigenvalue weighted by Gasteiger charge is -2.38. The molecule has 3 atom stereocenters. The minimum Gasteiger partial charge on any atom is -0.481 e. The monoisotopic (exact) mass is 356 g/mol. The Labute approximate surface area is 132 Å². The summed E-state index contributed by atoms with van der Waals surface area (Å²) in [5.74, 6) is -10.8. The van der Waals surface area contributed by atoms with Crippen molar-refractivity contribution in [1.29, 1.82) is 5.26 Å². The van der Waals surface area contributed by atoms with Gasteiger partial charge in [-0.2, -0.15) is 18.4 Å². The van der Waals surface area contributed by atoms with Gasteiger partial charge in [0.2, 0.25) is 0 Å². The van der Waals surface area contributed by atoms with Gasteiger partial charge < -0.3 is 7.58 Å². The average molecular weight is 356 g/mol. The van der Waals surface area contributed by atoms with E-state index in [4.69, 9.17) is 9.05 Å². The van der Waals surface area contributed by atoms with Gasteiger partial charge in [-0.3, -0.25) is 0 Å². The summed E-state index contributed by atoms with van der Waals surface area (Å²) in [6, 6.07) is 0.913. The highest BCUT2D eigenvalue weighted by Crippen LogP contribution is 2.45. The zero-order chi connectivity index (χ0) is 17.5. The highest BCUT2D eigenvalue weighted by atomic mass is 27.2. The highest BCUT2D eigenvalue weighted by molar-refractivity contribution is 6.18.